The smallest absolute Gasteiger partial charge is 0.409 e. The van der Waals surface area contributed by atoms with Crippen LogP contribution in [0.5, 0.6) is 0 Å². The number of hydrogen-bond donors (Lipinski definition) is 1. The van der Waals surface area contributed by atoms with Gasteiger partial charge in [0.15, 0.2) is 11.2 Å². The summed E-state index contributed by atoms with van der Waals surface area (Å²) in [6.45, 7) is 3.04. The number of imidazole rings is 1. The van der Waals surface area contributed by atoms with Crippen LogP contribution in [0.3, 0.4) is 0 Å². The number of amides is 2. The second kappa shape index (κ2) is 7.87. The highest BCUT2D eigenvalue weighted by molar-refractivity contribution is 5.79. The fraction of sp³-hybridized carbons (Fsp3) is 0.588. The lowest BCUT2D eigenvalue weighted by molar-refractivity contribution is -0.122. The standard InChI is InChI=1S/C17H24N6O5/c1-4-28-17(27)22-7-5-11(6-8-22)19-12(24)9-23-10-18-14-13(23)15(25)21(3)16(26)20(14)2/h10-11H,4-9H2,1-3H3,(H,19,24). The van der Waals surface area contributed by atoms with Crippen LogP contribution in [0.2, 0.25) is 0 Å². The Labute approximate surface area is 160 Å². The highest BCUT2D eigenvalue weighted by Crippen LogP contribution is 2.12. The maximum absolute atomic E-state index is 12.4. The van der Waals surface area contributed by atoms with Gasteiger partial charge in [0.2, 0.25) is 5.91 Å². The Kier molecular flexibility index (Phi) is 5.52. The van der Waals surface area contributed by atoms with Gasteiger partial charge in [-0.15, -0.1) is 0 Å². The van der Waals surface area contributed by atoms with Crippen molar-refractivity contribution in [3.63, 3.8) is 0 Å². The molecule has 1 saturated heterocycles. The first-order chi connectivity index (χ1) is 13.3. The fourth-order valence-electron chi connectivity index (χ4n) is 3.37. The lowest BCUT2D eigenvalue weighted by Gasteiger charge is -2.31. The third kappa shape index (κ3) is 3.64. The Morgan fingerprint density at radius 1 is 1.21 bits per heavy atom. The Morgan fingerprint density at radius 2 is 1.89 bits per heavy atom. The van der Waals surface area contributed by atoms with E-state index < -0.39 is 11.2 Å². The number of fused-ring (bicyclic) bond motifs is 1. The molecule has 0 aromatic carbocycles. The lowest BCUT2D eigenvalue weighted by Crippen LogP contribution is -2.47. The van der Waals surface area contributed by atoms with Crippen LogP contribution in [0.15, 0.2) is 15.9 Å². The van der Waals surface area contributed by atoms with Gasteiger partial charge in [0.1, 0.15) is 6.54 Å². The maximum Gasteiger partial charge on any atom is 0.409 e. The van der Waals surface area contributed by atoms with Crippen LogP contribution in [0.25, 0.3) is 11.2 Å². The number of nitrogens with one attached hydrogen (secondary N) is 1. The minimum Gasteiger partial charge on any atom is -0.450 e. The molecule has 1 fully saturated rings. The van der Waals surface area contributed by atoms with Crippen LogP contribution in [-0.2, 0) is 30.2 Å². The number of ether oxygens (including phenoxy) is 1. The van der Waals surface area contributed by atoms with Gasteiger partial charge >= 0.3 is 11.8 Å². The summed E-state index contributed by atoms with van der Waals surface area (Å²) in [4.78, 5) is 54.3. The molecule has 0 radical (unpaired) electrons. The van der Waals surface area contributed by atoms with E-state index >= 15 is 0 Å². The molecule has 28 heavy (non-hydrogen) atoms. The number of rotatable bonds is 4. The molecule has 0 saturated carbocycles. The Hall–Kier alpha value is -3.11. The lowest BCUT2D eigenvalue weighted by atomic mass is 10.1. The van der Waals surface area contributed by atoms with E-state index in [9.17, 15) is 19.2 Å². The van der Waals surface area contributed by atoms with Crippen molar-refractivity contribution in [1.29, 1.82) is 0 Å². The van der Waals surface area contributed by atoms with E-state index in [-0.39, 0.29) is 35.8 Å². The number of aromatic nitrogens is 4. The van der Waals surface area contributed by atoms with Gasteiger partial charge in [0.25, 0.3) is 5.56 Å². The molecule has 152 valence electrons. The number of carbonyl (C=O) groups is 2. The molecular formula is C17H24N6O5. The third-order valence-electron chi connectivity index (χ3n) is 4.92. The van der Waals surface area contributed by atoms with Gasteiger partial charge < -0.3 is 19.5 Å². The first-order valence-electron chi connectivity index (χ1n) is 9.15. The summed E-state index contributed by atoms with van der Waals surface area (Å²) in [6, 6.07) is -0.0554. The van der Waals surface area contributed by atoms with Gasteiger partial charge in [0, 0.05) is 33.2 Å². The number of likely N-dealkylation sites (tertiary alicyclic amines) is 1. The van der Waals surface area contributed by atoms with E-state index in [4.69, 9.17) is 4.74 Å². The summed E-state index contributed by atoms with van der Waals surface area (Å²) in [6.07, 6.45) is 2.31. The monoisotopic (exact) mass is 392 g/mol. The van der Waals surface area contributed by atoms with Gasteiger partial charge in [0.05, 0.1) is 12.9 Å². The highest BCUT2D eigenvalue weighted by atomic mass is 16.6. The van der Waals surface area contributed by atoms with Crippen molar-refractivity contribution >= 4 is 23.2 Å². The third-order valence-corrected chi connectivity index (χ3v) is 4.92. The van der Waals surface area contributed by atoms with Crippen molar-refractivity contribution in [2.75, 3.05) is 19.7 Å². The minimum absolute atomic E-state index is 0.0554. The number of nitrogens with zero attached hydrogens (tertiary/aromatic N) is 5. The van der Waals surface area contributed by atoms with Crippen molar-refractivity contribution in [2.24, 2.45) is 14.1 Å². The Morgan fingerprint density at radius 3 is 2.54 bits per heavy atom. The van der Waals surface area contributed by atoms with E-state index in [0.717, 1.165) is 4.57 Å². The van der Waals surface area contributed by atoms with Crippen LogP contribution in [0, 0.1) is 0 Å². The number of hydrogen-bond acceptors (Lipinski definition) is 6. The molecule has 0 bridgehead atoms. The number of carbonyl (C=O) groups excluding carboxylic acids is 2. The minimum atomic E-state index is -0.494. The van der Waals surface area contributed by atoms with Crippen LogP contribution < -0.4 is 16.6 Å². The van der Waals surface area contributed by atoms with E-state index in [2.05, 4.69) is 10.3 Å². The van der Waals surface area contributed by atoms with Crippen molar-refractivity contribution in [3.8, 4) is 0 Å². The Bertz CT molecular complexity index is 1010. The zero-order valence-electron chi connectivity index (χ0n) is 16.2. The summed E-state index contributed by atoms with van der Waals surface area (Å²) >= 11 is 0. The number of aryl methyl sites for hydroxylation is 1. The molecule has 0 unspecified atom stereocenters. The predicted molar refractivity (Wildman–Crippen MR) is 100.0 cm³/mol. The molecule has 1 N–H and O–H groups in total. The molecule has 2 amide bonds. The van der Waals surface area contributed by atoms with E-state index in [1.54, 1.807) is 11.8 Å². The first-order valence-corrected chi connectivity index (χ1v) is 9.15. The Balaban J connectivity index is 1.66. The van der Waals surface area contributed by atoms with E-state index in [1.807, 2.05) is 0 Å². The van der Waals surface area contributed by atoms with E-state index in [0.29, 0.717) is 32.5 Å². The first kappa shape index (κ1) is 19.6. The quantitative estimate of drug-likeness (QED) is 0.725. The van der Waals surface area contributed by atoms with E-state index in [1.165, 1.54) is 29.6 Å². The summed E-state index contributed by atoms with van der Waals surface area (Å²) < 4.78 is 8.69. The SMILES string of the molecule is CCOC(=O)N1CCC(NC(=O)Cn2cnc3c2c(=O)n(C)c(=O)n3C)CC1. The van der Waals surface area contributed by atoms with Crippen molar-refractivity contribution in [3.05, 3.63) is 27.2 Å². The molecule has 3 heterocycles. The summed E-state index contributed by atoms with van der Waals surface area (Å²) in [5, 5.41) is 2.93. The highest BCUT2D eigenvalue weighted by Gasteiger charge is 2.25. The van der Waals surface area contributed by atoms with Gasteiger partial charge in [-0.1, -0.05) is 0 Å². The van der Waals surface area contributed by atoms with Crippen molar-refractivity contribution in [2.45, 2.75) is 32.4 Å². The van der Waals surface area contributed by atoms with Gasteiger partial charge in [-0.3, -0.25) is 18.7 Å². The maximum atomic E-state index is 12.4. The second-order valence-electron chi connectivity index (χ2n) is 6.78. The molecule has 0 atom stereocenters. The average molecular weight is 392 g/mol. The summed E-state index contributed by atoms with van der Waals surface area (Å²) in [7, 11) is 2.91. The molecule has 3 rings (SSSR count). The van der Waals surface area contributed by atoms with Crippen LogP contribution in [0.4, 0.5) is 4.79 Å². The van der Waals surface area contributed by atoms with Crippen LogP contribution in [-0.4, -0.2) is 61.3 Å². The zero-order valence-corrected chi connectivity index (χ0v) is 16.2. The summed E-state index contributed by atoms with van der Waals surface area (Å²) in [5.41, 5.74) is -0.521. The van der Waals surface area contributed by atoms with Gasteiger partial charge in [-0.05, 0) is 19.8 Å². The largest absolute Gasteiger partial charge is 0.450 e. The average Bonchev–Trinajstić information content (AvgIpc) is 3.09. The normalized spacial score (nSPS) is 15.0. The molecule has 0 aliphatic carbocycles. The summed E-state index contributed by atoms with van der Waals surface area (Å²) in [5.74, 6) is -0.259. The molecule has 2 aromatic rings. The topological polar surface area (TPSA) is 120 Å². The predicted octanol–water partition coefficient (Wildman–Crippen LogP) is -0.829. The molecule has 0 spiro atoms. The zero-order chi connectivity index (χ0) is 20.4. The molecule has 1 aliphatic heterocycles. The fourth-order valence-corrected chi connectivity index (χ4v) is 3.37. The van der Waals surface area contributed by atoms with Gasteiger partial charge in [-0.2, -0.15) is 0 Å². The molecule has 11 heteroatoms. The number of piperidine rings is 1. The second-order valence-corrected chi connectivity index (χ2v) is 6.78. The van der Waals surface area contributed by atoms with Crippen molar-refractivity contribution in [1.82, 2.24) is 28.9 Å². The van der Waals surface area contributed by atoms with Crippen LogP contribution in [0.1, 0.15) is 19.8 Å². The van der Waals surface area contributed by atoms with Gasteiger partial charge in [-0.25, -0.2) is 14.6 Å². The van der Waals surface area contributed by atoms with Crippen LogP contribution >= 0.6 is 0 Å². The molecule has 11 nitrogen and oxygen atoms in total. The van der Waals surface area contributed by atoms with Crippen molar-refractivity contribution < 1.29 is 14.3 Å². The molecular weight excluding hydrogens is 368 g/mol. The molecule has 2 aromatic heterocycles. The molecule has 1 aliphatic rings.